The number of ether oxygens (including phenoxy) is 2. The average molecular weight is 286 g/mol. The summed E-state index contributed by atoms with van der Waals surface area (Å²) in [6.07, 6.45) is -0.856. The topological polar surface area (TPSA) is 55.8 Å². The second kappa shape index (κ2) is 6.79. The fourth-order valence-electron chi connectivity index (χ4n) is 1.83. The fourth-order valence-corrected chi connectivity index (χ4v) is 1.83. The number of carboxylic acid groups (broad SMARTS) is 1. The third-order valence-corrected chi connectivity index (χ3v) is 2.91. The van der Waals surface area contributed by atoms with Crippen molar-refractivity contribution in [2.75, 3.05) is 0 Å². The van der Waals surface area contributed by atoms with Crippen LogP contribution >= 0.6 is 0 Å². The van der Waals surface area contributed by atoms with Gasteiger partial charge in [-0.1, -0.05) is 32.0 Å². The first kappa shape index (κ1) is 14.9. The van der Waals surface area contributed by atoms with Crippen LogP contribution in [0.3, 0.4) is 0 Å². The van der Waals surface area contributed by atoms with Crippen molar-refractivity contribution >= 4 is 5.97 Å². The van der Waals surface area contributed by atoms with E-state index in [1.165, 1.54) is 0 Å². The molecule has 0 bridgehead atoms. The van der Waals surface area contributed by atoms with Crippen LogP contribution in [0.1, 0.15) is 13.8 Å². The highest BCUT2D eigenvalue weighted by molar-refractivity contribution is 5.73. The SMILES string of the molecule is CC(C)C(Oc1ccc(Oc2ccccc2)cc1)C(=O)O. The van der Waals surface area contributed by atoms with Crippen molar-refractivity contribution in [2.24, 2.45) is 5.92 Å². The molecule has 0 aliphatic rings. The zero-order chi connectivity index (χ0) is 15.2. The molecule has 1 unspecified atom stereocenters. The third kappa shape index (κ3) is 4.24. The van der Waals surface area contributed by atoms with E-state index < -0.39 is 12.1 Å². The van der Waals surface area contributed by atoms with Gasteiger partial charge in [0.05, 0.1) is 0 Å². The smallest absolute Gasteiger partial charge is 0.345 e. The maximum absolute atomic E-state index is 11.1. The van der Waals surface area contributed by atoms with Crippen molar-refractivity contribution in [3.63, 3.8) is 0 Å². The Morgan fingerprint density at radius 1 is 0.905 bits per heavy atom. The summed E-state index contributed by atoms with van der Waals surface area (Å²) in [6.45, 7) is 3.62. The highest BCUT2D eigenvalue weighted by atomic mass is 16.5. The summed E-state index contributed by atoms with van der Waals surface area (Å²) in [5.74, 6) is 0.857. The first-order valence-corrected chi connectivity index (χ1v) is 6.78. The van der Waals surface area contributed by atoms with Crippen molar-refractivity contribution in [3.8, 4) is 17.2 Å². The van der Waals surface area contributed by atoms with Crippen LogP contribution in [0.25, 0.3) is 0 Å². The van der Waals surface area contributed by atoms with Crippen LogP contribution in [0.15, 0.2) is 54.6 Å². The number of carboxylic acids is 1. The lowest BCUT2D eigenvalue weighted by atomic mass is 10.1. The Morgan fingerprint density at radius 3 is 1.95 bits per heavy atom. The van der Waals surface area contributed by atoms with Crippen LogP contribution in [0.2, 0.25) is 0 Å². The molecule has 110 valence electrons. The Hall–Kier alpha value is -2.49. The van der Waals surface area contributed by atoms with Crippen molar-refractivity contribution < 1.29 is 19.4 Å². The van der Waals surface area contributed by atoms with Gasteiger partial charge in [0.25, 0.3) is 0 Å². The molecule has 4 heteroatoms. The molecule has 0 aliphatic carbocycles. The zero-order valence-electron chi connectivity index (χ0n) is 12.0. The molecule has 0 spiro atoms. The third-order valence-electron chi connectivity index (χ3n) is 2.91. The first-order chi connectivity index (χ1) is 10.1. The summed E-state index contributed by atoms with van der Waals surface area (Å²) in [5, 5.41) is 9.10. The van der Waals surface area contributed by atoms with E-state index in [4.69, 9.17) is 14.6 Å². The summed E-state index contributed by atoms with van der Waals surface area (Å²) in [6, 6.07) is 16.4. The van der Waals surface area contributed by atoms with Crippen LogP contribution in [-0.2, 0) is 4.79 Å². The monoisotopic (exact) mass is 286 g/mol. The summed E-state index contributed by atoms with van der Waals surface area (Å²) in [4.78, 5) is 11.1. The summed E-state index contributed by atoms with van der Waals surface area (Å²) < 4.78 is 11.1. The van der Waals surface area contributed by atoms with Gasteiger partial charge in [0.1, 0.15) is 17.2 Å². The van der Waals surface area contributed by atoms with Gasteiger partial charge in [0, 0.05) is 5.92 Å². The Bertz CT molecular complexity index is 575. The van der Waals surface area contributed by atoms with Crippen molar-refractivity contribution in [1.82, 2.24) is 0 Å². The number of hydrogen-bond donors (Lipinski definition) is 1. The number of hydrogen-bond acceptors (Lipinski definition) is 3. The van der Waals surface area contributed by atoms with Crippen LogP contribution in [-0.4, -0.2) is 17.2 Å². The fraction of sp³-hybridized carbons (Fsp3) is 0.235. The summed E-state index contributed by atoms with van der Waals surface area (Å²) in [5.41, 5.74) is 0. The first-order valence-electron chi connectivity index (χ1n) is 6.78. The molecule has 4 nitrogen and oxygen atoms in total. The maximum atomic E-state index is 11.1. The normalized spacial score (nSPS) is 12.0. The zero-order valence-corrected chi connectivity index (χ0v) is 12.0. The number of rotatable bonds is 6. The number of carbonyl (C=O) groups is 1. The van der Waals surface area contributed by atoms with E-state index in [-0.39, 0.29) is 5.92 Å². The van der Waals surface area contributed by atoms with Gasteiger partial charge in [-0.05, 0) is 36.4 Å². The quantitative estimate of drug-likeness (QED) is 0.873. The van der Waals surface area contributed by atoms with Gasteiger partial charge < -0.3 is 14.6 Å². The van der Waals surface area contributed by atoms with Gasteiger partial charge in [-0.3, -0.25) is 0 Å². The average Bonchev–Trinajstić information content (AvgIpc) is 2.47. The Kier molecular flexibility index (Phi) is 4.82. The molecule has 0 fully saturated rings. The van der Waals surface area contributed by atoms with Gasteiger partial charge in [0.2, 0.25) is 0 Å². The van der Waals surface area contributed by atoms with E-state index in [1.807, 2.05) is 44.2 Å². The van der Waals surface area contributed by atoms with Crippen LogP contribution < -0.4 is 9.47 Å². The molecule has 2 rings (SSSR count). The molecule has 0 saturated heterocycles. The van der Waals surface area contributed by atoms with E-state index in [9.17, 15) is 4.79 Å². The van der Waals surface area contributed by atoms with Gasteiger partial charge >= 0.3 is 5.97 Å². The number of benzene rings is 2. The largest absolute Gasteiger partial charge is 0.478 e. The van der Waals surface area contributed by atoms with Gasteiger partial charge in [0.15, 0.2) is 6.10 Å². The number of aliphatic carboxylic acids is 1. The van der Waals surface area contributed by atoms with Gasteiger partial charge in [-0.15, -0.1) is 0 Å². The van der Waals surface area contributed by atoms with Gasteiger partial charge in [-0.2, -0.15) is 0 Å². The highest BCUT2D eigenvalue weighted by Gasteiger charge is 2.23. The Labute approximate surface area is 123 Å². The molecular weight excluding hydrogens is 268 g/mol. The molecule has 0 radical (unpaired) electrons. The van der Waals surface area contributed by atoms with Crippen LogP contribution in [0, 0.1) is 5.92 Å². The maximum Gasteiger partial charge on any atom is 0.345 e. The van der Waals surface area contributed by atoms with E-state index >= 15 is 0 Å². The van der Waals surface area contributed by atoms with Crippen molar-refractivity contribution in [1.29, 1.82) is 0 Å². The molecule has 0 heterocycles. The standard InChI is InChI=1S/C17H18O4/c1-12(2)16(17(18)19)21-15-10-8-14(9-11-15)20-13-6-4-3-5-7-13/h3-12,16H,1-2H3,(H,18,19). The lowest BCUT2D eigenvalue weighted by Gasteiger charge is -2.18. The minimum atomic E-state index is -0.963. The molecule has 0 saturated carbocycles. The minimum absolute atomic E-state index is 0.109. The lowest BCUT2D eigenvalue weighted by molar-refractivity contribution is -0.147. The number of para-hydroxylation sites is 1. The molecule has 2 aromatic rings. The van der Waals surface area contributed by atoms with E-state index in [2.05, 4.69) is 0 Å². The van der Waals surface area contributed by atoms with Crippen molar-refractivity contribution in [3.05, 3.63) is 54.6 Å². The summed E-state index contributed by atoms with van der Waals surface area (Å²) >= 11 is 0. The lowest BCUT2D eigenvalue weighted by Crippen LogP contribution is -2.32. The van der Waals surface area contributed by atoms with Crippen LogP contribution in [0.5, 0.6) is 17.2 Å². The Balaban J connectivity index is 2.03. The molecule has 2 aromatic carbocycles. The van der Waals surface area contributed by atoms with E-state index in [1.54, 1.807) is 24.3 Å². The Morgan fingerprint density at radius 2 is 1.43 bits per heavy atom. The van der Waals surface area contributed by atoms with Crippen molar-refractivity contribution in [2.45, 2.75) is 20.0 Å². The summed E-state index contributed by atoms with van der Waals surface area (Å²) in [7, 11) is 0. The predicted molar refractivity (Wildman–Crippen MR) is 79.8 cm³/mol. The molecule has 0 amide bonds. The highest BCUT2D eigenvalue weighted by Crippen LogP contribution is 2.24. The molecule has 0 aliphatic heterocycles. The molecule has 21 heavy (non-hydrogen) atoms. The van der Waals surface area contributed by atoms with Gasteiger partial charge in [-0.25, -0.2) is 4.79 Å². The van der Waals surface area contributed by atoms with E-state index in [0.29, 0.717) is 11.5 Å². The van der Waals surface area contributed by atoms with E-state index in [0.717, 1.165) is 5.75 Å². The second-order valence-corrected chi connectivity index (χ2v) is 5.01. The molecule has 1 N–H and O–H groups in total. The molecular formula is C17H18O4. The second-order valence-electron chi connectivity index (χ2n) is 5.01. The van der Waals surface area contributed by atoms with Crippen LogP contribution in [0.4, 0.5) is 0 Å². The molecule has 1 atom stereocenters. The minimum Gasteiger partial charge on any atom is -0.478 e. The predicted octanol–water partition coefficient (Wildman–Crippen LogP) is 3.97. The molecule has 0 aromatic heterocycles.